The van der Waals surface area contributed by atoms with Crippen LogP contribution in [0.15, 0.2) is 24.4 Å². The number of amides is 2. The molecule has 3 heterocycles. The molecule has 1 atom stereocenters. The Morgan fingerprint density at radius 3 is 2.56 bits per heavy atom. The van der Waals surface area contributed by atoms with Gasteiger partial charge in [0.25, 0.3) is 5.91 Å². The number of aromatic nitrogens is 2. The molecule has 1 unspecified atom stereocenters. The molecule has 1 aromatic carbocycles. The number of ether oxygens (including phenoxy) is 1. The first-order valence-corrected chi connectivity index (χ1v) is 15.2. The summed E-state index contributed by atoms with van der Waals surface area (Å²) in [5.41, 5.74) is 1.98. The SMILES string of the molecule is CCCC1CN(C2CCCCC2)c2nc(Nc3ccc(C(=O)NC4CCN(C)CC4)cc3OC)ncc2N(C)C1=O. The second-order valence-electron chi connectivity index (χ2n) is 11.8. The number of fused-ring (bicyclic) bond motifs is 1. The number of nitrogens with one attached hydrogen (secondary N) is 2. The summed E-state index contributed by atoms with van der Waals surface area (Å²) in [4.78, 5) is 42.4. The van der Waals surface area contributed by atoms with Crippen molar-refractivity contribution in [2.75, 3.05) is 56.0 Å². The van der Waals surface area contributed by atoms with Crippen LogP contribution in [0.25, 0.3) is 0 Å². The van der Waals surface area contributed by atoms with Crippen LogP contribution in [0.1, 0.15) is 75.1 Å². The number of hydrogen-bond donors (Lipinski definition) is 2. The average molecular weight is 564 g/mol. The van der Waals surface area contributed by atoms with Crippen LogP contribution in [0, 0.1) is 5.92 Å². The number of methoxy groups -OCH3 is 1. The van der Waals surface area contributed by atoms with E-state index >= 15 is 0 Å². The second-order valence-corrected chi connectivity index (χ2v) is 11.8. The van der Waals surface area contributed by atoms with Crippen LogP contribution in [0.2, 0.25) is 0 Å². The fraction of sp³-hybridized carbons (Fsp3) is 0.613. The van der Waals surface area contributed by atoms with Gasteiger partial charge in [-0.15, -0.1) is 0 Å². The van der Waals surface area contributed by atoms with Gasteiger partial charge in [0.1, 0.15) is 11.4 Å². The standard InChI is InChI=1S/C31H45N7O3/c1-5-9-22-20-38(24-10-7-6-8-11-24)28-26(37(3)30(22)40)19-32-31(35-28)34-25-13-12-21(18-27(25)41-4)29(39)33-23-14-16-36(2)17-15-23/h12-13,18-19,22-24H,5-11,14-17,20H2,1-4H3,(H,33,39)(H,32,34,35). The molecule has 41 heavy (non-hydrogen) atoms. The molecule has 2 aliphatic heterocycles. The monoisotopic (exact) mass is 563 g/mol. The fourth-order valence-corrected chi connectivity index (χ4v) is 6.43. The van der Waals surface area contributed by atoms with E-state index in [4.69, 9.17) is 9.72 Å². The van der Waals surface area contributed by atoms with Gasteiger partial charge in [0.15, 0.2) is 5.82 Å². The Balaban J connectivity index is 1.39. The van der Waals surface area contributed by atoms with Gasteiger partial charge in [-0.1, -0.05) is 32.6 Å². The van der Waals surface area contributed by atoms with E-state index < -0.39 is 0 Å². The fourth-order valence-electron chi connectivity index (χ4n) is 6.43. The van der Waals surface area contributed by atoms with Gasteiger partial charge in [-0.3, -0.25) is 9.59 Å². The van der Waals surface area contributed by atoms with Crippen molar-refractivity contribution in [3.8, 4) is 5.75 Å². The number of nitrogens with zero attached hydrogens (tertiary/aromatic N) is 5. The Morgan fingerprint density at radius 2 is 1.85 bits per heavy atom. The van der Waals surface area contributed by atoms with Crippen molar-refractivity contribution in [2.45, 2.75) is 76.8 Å². The second kappa shape index (κ2) is 13.1. The normalized spacial score (nSPS) is 20.9. The van der Waals surface area contributed by atoms with Crippen LogP contribution >= 0.6 is 0 Å². The summed E-state index contributed by atoms with van der Waals surface area (Å²) in [6, 6.07) is 5.94. The molecule has 3 aliphatic rings. The van der Waals surface area contributed by atoms with Gasteiger partial charge in [0.05, 0.1) is 24.9 Å². The maximum absolute atomic E-state index is 13.4. The minimum atomic E-state index is -0.0943. The summed E-state index contributed by atoms with van der Waals surface area (Å²) in [7, 11) is 5.54. The minimum Gasteiger partial charge on any atom is -0.495 e. The van der Waals surface area contributed by atoms with E-state index in [-0.39, 0.29) is 23.8 Å². The molecule has 1 aliphatic carbocycles. The average Bonchev–Trinajstić information content (AvgIpc) is 3.09. The number of piperidine rings is 1. The maximum Gasteiger partial charge on any atom is 0.251 e. The van der Waals surface area contributed by atoms with Crippen molar-refractivity contribution >= 4 is 35.0 Å². The quantitative estimate of drug-likeness (QED) is 0.481. The van der Waals surface area contributed by atoms with Gasteiger partial charge in [0, 0.05) is 31.2 Å². The van der Waals surface area contributed by atoms with E-state index in [1.54, 1.807) is 30.3 Å². The molecule has 0 radical (unpaired) electrons. The van der Waals surface area contributed by atoms with Gasteiger partial charge in [0.2, 0.25) is 11.9 Å². The smallest absolute Gasteiger partial charge is 0.251 e. The van der Waals surface area contributed by atoms with E-state index in [2.05, 4.69) is 39.4 Å². The molecule has 0 bridgehead atoms. The molecular formula is C31H45N7O3. The van der Waals surface area contributed by atoms with Crippen molar-refractivity contribution in [1.82, 2.24) is 20.2 Å². The van der Waals surface area contributed by atoms with E-state index in [1.165, 1.54) is 19.3 Å². The number of benzene rings is 1. The lowest BCUT2D eigenvalue weighted by atomic mass is 9.93. The molecule has 1 saturated heterocycles. The van der Waals surface area contributed by atoms with Crippen LogP contribution < -0.4 is 25.2 Å². The Labute approximate surface area is 243 Å². The van der Waals surface area contributed by atoms with E-state index in [9.17, 15) is 9.59 Å². The molecule has 1 aromatic heterocycles. The van der Waals surface area contributed by atoms with Crippen LogP contribution in [-0.2, 0) is 4.79 Å². The molecule has 10 heteroatoms. The lowest BCUT2D eigenvalue weighted by Gasteiger charge is -2.36. The number of rotatable bonds is 8. The van der Waals surface area contributed by atoms with Crippen molar-refractivity contribution in [3.63, 3.8) is 0 Å². The molecule has 222 valence electrons. The predicted octanol–water partition coefficient (Wildman–Crippen LogP) is 4.58. The summed E-state index contributed by atoms with van der Waals surface area (Å²) in [5, 5.41) is 6.49. The molecule has 2 N–H and O–H groups in total. The van der Waals surface area contributed by atoms with Crippen LogP contribution in [-0.4, -0.2) is 79.6 Å². The topological polar surface area (TPSA) is 103 Å². The number of hydrogen-bond acceptors (Lipinski definition) is 8. The zero-order valence-corrected chi connectivity index (χ0v) is 25.0. The zero-order valence-electron chi connectivity index (χ0n) is 25.0. The summed E-state index contributed by atoms with van der Waals surface area (Å²) in [5.74, 6) is 1.75. The zero-order chi connectivity index (χ0) is 28.9. The van der Waals surface area contributed by atoms with Crippen LogP contribution in [0.5, 0.6) is 5.75 Å². The molecule has 10 nitrogen and oxygen atoms in total. The lowest BCUT2D eigenvalue weighted by Crippen LogP contribution is -2.43. The Morgan fingerprint density at radius 1 is 1.10 bits per heavy atom. The number of anilines is 4. The molecule has 2 fully saturated rings. The maximum atomic E-state index is 13.4. The van der Waals surface area contributed by atoms with Gasteiger partial charge in [-0.05, 0) is 70.4 Å². The van der Waals surface area contributed by atoms with Gasteiger partial charge in [-0.2, -0.15) is 4.98 Å². The molecule has 1 saturated carbocycles. The number of likely N-dealkylation sites (tertiary alicyclic amines) is 1. The largest absolute Gasteiger partial charge is 0.495 e. The summed E-state index contributed by atoms with van der Waals surface area (Å²) < 4.78 is 5.67. The lowest BCUT2D eigenvalue weighted by molar-refractivity contribution is -0.121. The van der Waals surface area contributed by atoms with Crippen LogP contribution in [0.4, 0.5) is 23.1 Å². The molecule has 2 amide bonds. The number of carbonyl (C=O) groups is 2. The highest BCUT2D eigenvalue weighted by atomic mass is 16.5. The Bertz CT molecular complexity index is 1220. The highest BCUT2D eigenvalue weighted by Crippen LogP contribution is 2.38. The molecule has 2 aromatic rings. The summed E-state index contributed by atoms with van der Waals surface area (Å²) in [6.45, 7) is 4.78. The van der Waals surface area contributed by atoms with Crippen molar-refractivity contribution in [1.29, 1.82) is 0 Å². The Hall–Kier alpha value is -3.40. The van der Waals surface area contributed by atoms with Crippen molar-refractivity contribution < 1.29 is 14.3 Å². The summed E-state index contributed by atoms with van der Waals surface area (Å²) in [6.07, 6.45) is 11.3. The molecule has 0 spiro atoms. The van der Waals surface area contributed by atoms with Gasteiger partial charge in [-0.25, -0.2) is 4.98 Å². The van der Waals surface area contributed by atoms with Gasteiger partial charge >= 0.3 is 0 Å². The first kappa shape index (κ1) is 29.1. The molecule has 5 rings (SSSR count). The third kappa shape index (κ3) is 6.58. The predicted molar refractivity (Wildman–Crippen MR) is 162 cm³/mol. The highest BCUT2D eigenvalue weighted by Gasteiger charge is 2.36. The van der Waals surface area contributed by atoms with Gasteiger partial charge < -0.3 is 30.1 Å². The van der Waals surface area contributed by atoms with E-state index in [1.807, 2.05) is 13.1 Å². The third-order valence-corrected chi connectivity index (χ3v) is 8.90. The van der Waals surface area contributed by atoms with E-state index in [0.29, 0.717) is 35.5 Å². The highest BCUT2D eigenvalue weighted by molar-refractivity contribution is 5.99. The number of carbonyl (C=O) groups excluding carboxylic acids is 2. The minimum absolute atomic E-state index is 0.0640. The van der Waals surface area contributed by atoms with Crippen molar-refractivity contribution in [2.24, 2.45) is 5.92 Å². The van der Waals surface area contributed by atoms with Crippen molar-refractivity contribution in [3.05, 3.63) is 30.0 Å². The third-order valence-electron chi connectivity index (χ3n) is 8.90. The molecular weight excluding hydrogens is 518 g/mol. The first-order valence-electron chi connectivity index (χ1n) is 15.2. The van der Waals surface area contributed by atoms with E-state index in [0.717, 1.165) is 63.1 Å². The Kier molecular flexibility index (Phi) is 9.27. The van der Waals surface area contributed by atoms with Crippen LogP contribution in [0.3, 0.4) is 0 Å². The summed E-state index contributed by atoms with van der Waals surface area (Å²) >= 11 is 0. The first-order chi connectivity index (χ1) is 19.9.